The van der Waals surface area contributed by atoms with Crippen LogP contribution in [0.25, 0.3) is 0 Å². The zero-order chi connectivity index (χ0) is 23.2. The normalized spacial score (nSPS) is 14.1. The minimum Gasteiger partial charge on any atom is -0.264 e. The molecule has 30 heavy (non-hydrogen) atoms. The van der Waals surface area contributed by atoms with Gasteiger partial charge in [0.25, 0.3) is 0 Å². The summed E-state index contributed by atoms with van der Waals surface area (Å²) in [7, 11) is -8.98. The molecule has 8 nitrogen and oxygen atoms in total. The quantitative estimate of drug-likeness (QED) is 0.261. The molecular formula is C20H34O8S2. The Balaban J connectivity index is 4.75. The van der Waals surface area contributed by atoms with Gasteiger partial charge in [0.05, 0.1) is 13.2 Å². The highest BCUT2D eigenvalue weighted by molar-refractivity contribution is 7.81. The summed E-state index contributed by atoms with van der Waals surface area (Å²) in [6, 6.07) is 0. The molecule has 0 aromatic heterocycles. The highest BCUT2D eigenvalue weighted by atomic mass is 32.3. The minimum atomic E-state index is -4.52. The van der Waals surface area contributed by atoms with Crippen molar-refractivity contribution in [2.75, 3.05) is 13.2 Å². The predicted octanol–water partition coefficient (Wildman–Crippen LogP) is 4.75. The lowest BCUT2D eigenvalue weighted by Gasteiger charge is -2.07. The zero-order valence-electron chi connectivity index (χ0n) is 18.1. The summed E-state index contributed by atoms with van der Waals surface area (Å²) in [5.41, 5.74) is 4.12. The third-order valence-corrected chi connectivity index (χ3v) is 4.91. The summed E-state index contributed by atoms with van der Waals surface area (Å²) in [4.78, 5) is 0. The van der Waals surface area contributed by atoms with Gasteiger partial charge in [-0.3, -0.25) is 9.11 Å². The third-order valence-electron chi connectivity index (χ3n) is 4.06. The zero-order valence-corrected chi connectivity index (χ0v) is 19.8. The third kappa shape index (κ3) is 20.0. The second-order valence-corrected chi connectivity index (χ2v) is 9.45. The molecule has 0 unspecified atom stereocenters. The monoisotopic (exact) mass is 466 g/mol. The highest BCUT2D eigenvalue weighted by Crippen LogP contribution is 2.15. The van der Waals surface area contributed by atoms with Gasteiger partial charge >= 0.3 is 20.8 Å². The lowest BCUT2D eigenvalue weighted by Crippen LogP contribution is -2.07. The molecule has 0 radical (unpaired) electrons. The van der Waals surface area contributed by atoms with Crippen LogP contribution < -0.4 is 0 Å². The maximum Gasteiger partial charge on any atom is 0.397 e. The largest absolute Gasteiger partial charge is 0.397 e. The number of hydrogen-bond donors (Lipinski definition) is 2. The standard InChI is InChI=1S/C20H34O8S2/c1-17(2)8-5-9-18(3)10-6-12-20(16-28-30(24,25)26)13-7-11-19(4)14-15-27-29(21,22)23/h8,10,13-14H,5-7,9,11-12,15-16H2,1-4H3,(H,21,22,23)(H,24,25,26)/b18-10+,19-14+,20-13-. The van der Waals surface area contributed by atoms with Crippen molar-refractivity contribution in [3.05, 3.63) is 46.6 Å². The van der Waals surface area contributed by atoms with Gasteiger partial charge in [-0.1, -0.05) is 41.0 Å². The van der Waals surface area contributed by atoms with E-state index in [1.54, 1.807) is 6.92 Å². The van der Waals surface area contributed by atoms with Crippen LogP contribution in [0.5, 0.6) is 0 Å². The van der Waals surface area contributed by atoms with Crippen molar-refractivity contribution in [3.8, 4) is 0 Å². The van der Waals surface area contributed by atoms with Crippen molar-refractivity contribution in [2.24, 2.45) is 0 Å². The van der Waals surface area contributed by atoms with Crippen LogP contribution in [0.2, 0.25) is 0 Å². The summed E-state index contributed by atoms with van der Waals surface area (Å²) < 4.78 is 68.8. The van der Waals surface area contributed by atoms with Gasteiger partial charge in [-0.05, 0) is 71.8 Å². The van der Waals surface area contributed by atoms with Crippen molar-refractivity contribution in [3.63, 3.8) is 0 Å². The maximum atomic E-state index is 10.9. The summed E-state index contributed by atoms with van der Waals surface area (Å²) in [6.07, 6.45) is 12.1. The maximum absolute atomic E-state index is 10.9. The van der Waals surface area contributed by atoms with Gasteiger partial charge in [-0.15, -0.1) is 0 Å². The summed E-state index contributed by atoms with van der Waals surface area (Å²) in [6.45, 7) is 7.48. The molecular weight excluding hydrogens is 432 g/mol. The first-order valence-corrected chi connectivity index (χ1v) is 12.4. The average molecular weight is 467 g/mol. The molecule has 0 aliphatic rings. The van der Waals surface area contributed by atoms with Gasteiger partial charge in [0, 0.05) is 0 Å². The average Bonchev–Trinajstić information content (AvgIpc) is 2.57. The molecule has 0 aromatic rings. The van der Waals surface area contributed by atoms with E-state index < -0.39 is 20.8 Å². The highest BCUT2D eigenvalue weighted by Gasteiger charge is 2.07. The van der Waals surface area contributed by atoms with E-state index in [0.29, 0.717) is 19.3 Å². The number of hydrogen-bond acceptors (Lipinski definition) is 6. The lowest BCUT2D eigenvalue weighted by atomic mass is 10.0. The van der Waals surface area contributed by atoms with Crippen molar-refractivity contribution >= 4 is 20.8 Å². The van der Waals surface area contributed by atoms with Crippen molar-refractivity contribution in [1.29, 1.82) is 0 Å². The summed E-state index contributed by atoms with van der Waals surface area (Å²) in [5, 5.41) is 0. The minimum absolute atomic E-state index is 0.224. The molecule has 10 heteroatoms. The van der Waals surface area contributed by atoms with E-state index in [1.165, 1.54) is 17.2 Å². The van der Waals surface area contributed by atoms with Crippen LogP contribution in [0.4, 0.5) is 0 Å². The lowest BCUT2D eigenvalue weighted by molar-refractivity contribution is 0.287. The van der Waals surface area contributed by atoms with E-state index in [2.05, 4.69) is 41.3 Å². The summed E-state index contributed by atoms with van der Waals surface area (Å²) >= 11 is 0. The van der Waals surface area contributed by atoms with Crippen LogP contribution in [-0.2, 0) is 29.2 Å². The SMILES string of the molecule is CC(C)=CCC/C(C)=C/CC/C(=C/CC/C(C)=C/COS(=O)(=O)O)COS(=O)(=O)O. The fourth-order valence-corrected chi connectivity index (χ4v) is 2.99. The van der Waals surface area contributed by atoms with Crippen LogP contribution in [0.15, 0.2) is 46.6 Å². The molecule has 0 atom stereocenters. The van der Waals surface area contributed by atoms with E-state index in [-0.39, 0.29) is 13.2 Å². The Morgan fingerprint density at radius 2 is 1.20 bits per heavy atom. The Morgan fingerprint density at radius 1 is 0.700 bits per heavy atom. The van der Waals surface area contributed by atoms with E-state index in [9.17, 15) is 16.8 Å². The predicted molar refractivity (Wildman–Crippen MR) is 118 cm³/mol. The molecule has 0 saturated carbocycles. The van der Waals surface area contributed by atoms with E-state index >= 15 is 0 Å². The first-order valence-electron chi connectivity index (χ1n) is 9.64. The van der Waals surface area contributed by atoms with Gasteiger partial charge in [0.2, 0.25) is 0 Å². The van der Waals surface area contributed by atoms with E-state index in [1.807, 2.05) is 6.08 Å². The molecule has 0 amide bonds. The fourth-order valence-electron chi connectivity index (χ4n) is 2.45. The second-order valence-electron chi connectivity index (χ2n) is 7.26. The topological polar surface area (TPSA) is 127 Å². The van der Waals surface area contributed by atoms with Crippen molar-refractivity contribution in [1.82, 2.24) is 0 Å². The molecule has 174 valence electrons. The molecule has 2 N–H and O–H groups in total. The smallest absolute Gasteiger partial charge is 0.264 e. The molecule has 0 spiro atoms. The summed E-state index contributed by atoms with van der Waals surface area (Å²) in [5.74, 6) is 0. The van der Waals surface area contributed by atoms with Crippen LogP contribution in [0, 0.1) is 0 Å². The van der Waals surface area contributed by atoms with Crippen LogP contribution in [0.1, 0.15) is 66.2 Å². The molecule has 0 heterocycles. The Bertz CT molecular complexity index is 843. The van der Waals surface area contributed by atoms with E-state index in [4.69, 9.17) is 9.11 Å². The van der Waals surface area contributed by atoms with Gasteiger partial charge in [-0.2, -0.15) is 16.8 Å². The Kier molecular flexibility index (Phi) is 14.0. The van der Waals surface area contributed by atoms with Gasteiger partial charge < -0.3 is 0 Å². The van der Waals surface area contributed by atoms with Crippen LogP contribution in [-0.4, -0.2) is 39.2 Å². The fraction of sp³-hybridized carbons (Fsp3) is 0.600. The molecule has 0 aromatic carbocycles. The molecule has 0 saturated heterocycles. The first kappa shape index (κ1) is 28.7. The second kappa shape index (κ2) is 14.7. The Morgan fingerprint density at radius 3 is 1.73 bits per heavy atom. The van der Waals surface area contributed by atoms with Crippen molar-refractivity contribution < 1.29 is 34.3 Å². The van der Waals surface area contributed by atoms with Crippen LogP contribution >= 0.6 is 0 Å². The van der Waals surface area contributed by atoms with Gasteiger partial charge in [0.15, 0.2) is 0 Å². The van der Waals surface area contributed by atoms with Crippen molar-refractivity contribution in [2.45, 2.75) is 66.2 Å². The Hall–Kier alpha value is -1.30. The first-order chi connectivity index (χ1) is 13.8. The van der Waals surface area contributed by atoms with Gasteiger partial charge in [0.1, 0.15) is 0 Å². The molecule has 0 aliphatic carbocycles. The Labute approximate surface area is 181 Å². The molecule has 0 rings (SSSR count). The number of rotatable bonds is 15. The van der Waals surface area contributed by atoms with Crippen LogP contribution in [0.3, 0.4) is 0 Å². The number of allylic oxidation sites excluding steroid dienone is 6. The van der Waals surface area contributed by atoms with E-state index in [0.717, 1.165) is 30.4 Å². The molecule has 0 aliphatic heterocycles. The van der Waals surface area contributed by atoms with Gasteiger partial charge in [-0.25, -0.2) is 8.37 Å². The molecule has 0 fully saturated rings. The molecule has 0 bridgehead atoms.